The zero-order chi connectivity index (χ0) is 20.0. The molecule has 0 unspecified atom stereocenters. The number of amides is 1. The number of hydrogen-bond acceptors (Lipinski definition) is 5. The van der Waals surface area contributed by atoms with E-state index in [2.05, 4.69) is 5.32 Å². The predicted octanol–water partition coefficient (Wildman–Crippen LogP) is 4.11. The number of carbonyl (C=O) groups is 1. The van der Waals surface area contributed by atoms with Crippen molar-refractivity contribution in [3.05, 3.63) is 51.9 Å². The Morgan fingerprint density at radius 3 is 2.48 bits per heavy atom. The molecule has 1 amide bonds. The van der Waals surface area contributed by atoms with Gasteiger partial charge in [0.1, 0.15) is 16.4 Å². The summed E-state index contributed by atoms with van der Waals surface area (Å²) in [4.78, 5) is 11.9. The lowest BCUT2D eigenvalue weighted by atomic mass is 10.4. The predicted molar refractivity (Wildman–Crippen MR) is 104 cm³/mol. The van der Waals surface area contributed by atoms with Crippen molar-refractivity contribution in [2.45, 2.75) is 37.0 Å². The van der Waals surface area contributed by atoms with Crippen LogP contribution in [0.25, 0.3) is 0 Å². The van der Waals surface area contributed by atoms with E-state index in [0.717, 1.165) is 0 Å². The SMILES string of the molecule is CC(C)OCCCNC(=O)c1ccc(CS(=O)(=O)c2c(Cl)cccc2Cl)o1. The van der Waals surface area contributed by atoms with Crippen LogP contribution in [0.4, 0.5) is 0 Å². The third-order valence-corrected chi connectivity index (χ3v) is 6.09. The van der Waals surface area contributed by atoms with Gasteiger partial charge in [0.05, 0.1) is 16.1 Å². The molecule has 0 bridgehead atoms. The first-order valence-corrected chi connectivity index (χ1v) is 10.8. The van der Waals surface area contributed by atoms with Gasteiger partial charge in [-0.2, -0.15) is 0 Å². The van der Waals surface area contributed by atoms with E-state index in [4.69, 9.17) is 32.4 Å². The summed E-state index contributed by atoms with van der Waals surface area (Å²) in [6.45, 7) is 4.84. The van der Waals surface area contributed by atoms with Gasteiger partial charge in [-0.15, -0.1) is 0 Å². The third kappa shape index (κ3) is 6.24. The second kappa shape index (κ2) is 9.59. The van der Waals surface area contributed by atoms with E-state index in [1.807, 2.05) is 13.8 Å². The molecule has 1 aromatic carbocycles. The molecule has 2 aromatic rings. The smallest absolute Gasteiger partial charge is 0.286 e. The first kappa shape index (κ1) is 21.8. The van der Waals surface area contributed by atoms with Gasteiger partial charge in [0.15, 0.2) is 15.6 Å². The van der Waals surface area contributed by atoms with E-state index in [9.17, 15) is 13.2 Å². The van der Waals surface area contributed by atoms with Crippen molar-refractivity contribution in [3.63, 3.8) is 0 Å². The molecule has 0 aliphatic heterocycles. The molecule has 27 heavy (non-hydrogen) atoms. The summed E-state index contributed by atoms with van der Waals surface area (Å²) in [6.07, 6.45) is 0.804. The number of ether oxygens (including phenoxy) is 1. The van der Waals surface area contributed by atoms with E-state index in [0.29, 0.717) is 19.6 Å². The first-order valence-electron chi connectivity index (χ1n) is 8.36. The molecule has 0 fully saturated rings. The molecular weight excluding hydrogens is 413 g/mol. The Bertz CT molecular complexity index is 873. The largest absolute Gasteiger partial charge is 0.455 e. The van der Waals surface area contributed by atoms with Crippen LogP contribution in [0.2, 0.25) is 10.0 Å². The molecule has 148 valence electrons. The minimum absolute atomic E-state index is 0.0373. The highest BCUT2D eigenvalue weighted by atomic mass is 35.5. The molecule has 0 radical (unpaired) electrons. The fourth-order valence-electron chi connectivity index (χ4n) is 2.30. The van der Waals surface area contributed by atoms with Crippen LogP contribution in [-0.2, 0) is 20.3 Å². The summed E-state index contributed by atoms with van der Waals surface area (Å²) >= 11 is 11.9. The van der Waals surface area contributed by atoms with Gasteiger partial charge in [0.25, 0.3) is 5.91 Å². The van der Waals surface area contributed by atoms with Gasteiger partial charge in [-0.25, -0.2) is 8.42 Å². The fourth-order valence-corrected chi connectivity index (χ4v) is 4.80. The van der Waals surface area contributed by atoms with Gasteiger partial charge in [0, 0.05) is 13.2 Å². The van der Waals surface area contributed by atoms with E-state index >= 15 is 0 Å². The van der Waals surface area contributed by atoms with Crippen molar-refractivity contribution < 1.29 is 22.4 Å². The Labute approximate surface area is 168 Å². The highest BCUT2D eigenvalue weighted by molar-refractivity contribution is 7.90. The molecule has 0 aliphatic carbocycles. The van der Waals surface area contributed by atoms with E-state index in [1.54, 1.807) is 6.07 Å². The van der Waals surface area contributed by atoms with Crippen LogP contribution in [0.1, 0.15) is 36.6 Å². The molecule has 1 aromatic heterocycles. The van der Waals surface area contributed by atoms with Crippen LogP contribution in [0.5, 0.6) is 0 Å². The second-order valence-corrected chi connectivity index (χ2v) is 8.85. The van der Waals surface area contributed by atoms with Crippen molar-refractivity contribution in [2.75, 3.05) is 13.2 Å². The molecule has 0 atom stereocenters. The van der Waals surface area contributed by atoms with Crippen LogP contribution >= 0.6 is 23.2 Å². The number of carbonyl (C=O) groups excluding carboxylic acids is 1. The Hall–Kier alpha value is -1.54. The molecule has 0 saturated heterocycles. The monoisotopic (exact) mass is 433 g/mol. The maximum atomic E-state index is 12.6. The lowest BCUT2D eigenvalue weighted by Crippen LogP contribution is -2.25. The van der Waals surface area contributed by atoms with E-state index < -0.39 is 21.5 Å². The molecule has 6 nitrogen and oxygen atoms in total. The molecule has 0 aliphatic rings. The number of sulfone groups is 1. The lowest BCUT2D eigenvalue weighted by molar-refractivity contribution is 0.0753. The van der Waals surface area contributed by atoms with Gasteiger partial charge >= 0.3 is 0 Å². The summed E-state index contributed by atoms with van der Waals surface area (Å²) in [5.41, 5.74) is 0. The number of halogens is 2. The minimum Gasteiger partial charge on any atom is -0.455 e. The number of hydrogen-bond donors (Lipinski definition) is 1. The summed E-state index contributed by atoms with van der Waals surface area (Å²) in [5.74, 6) is -0.708. The van der Waals surface area contributed by atoms with Crippen LogP contribution in [0.15, 0.2) is 39.6 Å². The van der Waals surface area contributed by atoms with Crippen LogP contribution in [-0.4, -0.2) is 33.6 Å². The molecule has 0 saturated carbocycles. The summed E-state index contributed by atoms with van der Waals surface area (Å²) in [6, 6.07) is 7.33. The number of rotatable bonds is 9. The van der Waals surface area contributed by atoms with E-state index in [-0.39, 0.29) is 32.6 Å². The topological polar surface area (TPSA) is 85.6 Å². The number of furan rings is 1. The van der Waals surface area contributed by atoms with Crippen molar-refractivity contribution in [1.29, 1.82) is 0 Å². The summed E-state index contributed by atoms with van der Waals surface area (Å²) in [5, 5.41) is 2.77. The van der Waals surface area contributed by atoms with Crippen LogP contribution < -0.4 is 5.32 Å². The Balaban J connectivity index is 1.98. The van der Waals surface area contributed by atoms with E-state index in [1.165, 1.54) is 24.3 Å². The highest BCUT2D eigenvalue weighted by Gasteiger charge is 2.24. The zero-order valence-corrected chi connectivity index (χ0v) is 17.3. The average Bonchev–Trinajstić information content (AvgIpc) is 3.01. The second-order valence-electron chi connectivity index (χ2n) is 6.10. The Morgan fingerprint density at radius 1 is 1.19 bits per heavy atom. The average molecular weight is 434 g/mol. The molecule has 1 N–H and O–H groups in total. The van der Waals surface area contributed by atoms with Crippen LogP contribution in [0.3, 0.4) is 0 Å². The van der Waals surface area contributed by atoms with Crippen molar-refractivity contribution in [2.24, 2.45) is 0 Å². The molecule has 2 rings (SSSR count). The van der Waals surface area contributed by atoms with Gasteiger partial charge in [0.2, 0.25) is 0 Å². The lowest BCUT2D eigenvalue weighted by Gasteiger charge is -2.08. The van der Waals surface area contributed by atoms with Crippen molar-refractivity contribution in [1.82, 2.24) is 5.32 Å². The maximum absolute atomic E-state index is 12.6. The quantitative estimate of drug-likeness (QED) is 0.601. The third-order valence-electron chi connectivity index (χ3n) is 3.51. The summed E-state index contributed by atoms with van der Waals surface area (Å²) < 4.78 is 35.9. The number of benzene rings is 1. The van der Waals surface area contributed by atoms with Gasteiger partial charge < -0.3 is 14.5 Å². The summed E-state index contributed by atoms with van der Waals surface area (Å²) in [7, 11) is -3.83. The fraction of sp³-hybridized carbons (Fsp3) is 0.389. The van der Waals surface area contributed by atoms with Crippen molar-refractivity contribution in [3.8, 4) is 0 Å². The van der Waals surface area contributed by atoms with Crippen LogP contribution in [0, 0.1) is 0 Å². The van der Waals surface area contributed by atoms with Crippen molar-refractivity contribution >= 4 is 38.9 Å². The molecule has 9 heteroatoms. The van der Waals surface area contributed by atoms with Gasteiger partial charge in [-0.1, -0.05) is 29.3 Å². The molecular formula is C18H21Cl2NO5S. The van der Waals surface area contributed by atoms with Gasteiger partial charge in [-0.05, 0) is 44.5 Å². The minimum atomic E-state index is -3.83. The van der Waals surface area contributed by atoms with Gasteiger partial charge in [-0.3, -0.25) is 4.79 Å². The number of nitrogens with one attached hydrogen (secondary N) is 1. The highest BCUT2D eigenvalue weighted by Crippen LogP contribution is 2.31. The normalized spacial score (nSPS) is 11.7. The first-order chi connectivity index (χ1) is 12.7. The standard InChI is InChI=1S/C18H21Cl2NO5S/c1-12(2)25-10-4-9-21-18(22)16-8-7-13(26-16)11-27(23,24)17-14(19)5-3-6-15(17)20/h3,5-8,12H,4,9-11H2,1-2H3,(H,21,22). The maximum Gasteiger partial charge on any atom is 0.286 e. The Kier molecular flexibility index (Phi) is 7.73. The molecule has 1 heterocycles. The zero-order valence-electron chi connectivity index (χ0n) is 15.0. The Morgan fingerprint density at radius 2 is 1.85 bits per heavy atom. The molecule has 0 spiro atoms.